The molecule has 0 bridgehead atoms. The minimum atomic E-state index is -4.52. The van der Waals surface area contributed by atoms with E-state index in [2.05, 4.69) is 15.3 Å². The first-order valence-electron chi connectivity index (χ1n) is 8.49. The number of nitrogen functional groups attached to an aromatic ring is 1. The van der Waals surface area contributed by atoms with Crippen LogP contribution in [0, 0.1) is 0 Å². The van der Waals surface area contributed by atoms with Gasteiger partial charge in [-0.1, -0.05) is 18.2 Å². The van der Waals surface area contributed by atoms with Gasteiger partial charge in [-0.15, -0.1) is 0 Å². The zero-order valence-corrected chi connectivity index (χ0v) is 14.8. The fourth-order valence-electron chi connectivity index (χ4n) is 2.95. The number of carbonyl (C=O) groups excluding carboxylic acids is 1. The van der Waals surface area contributed by atoms with Crippen molar-refractivity contribution in [2.24, 2.45) is 0 Å². The average molecular weight is 397 g/mol. The molecule has 0 unspecified atom stereocenters. The van der Waals surface area contributed by atoms with Gasteiger partial charge in [0.2, 0.25) is 0 Å². The van der Waals surface area contributed by atoms with Gasteiger partial charge in [0, 0.05) is 29.2 Å². The molecule has 1 amide bonds. The van der Waals surface area contributed by atoms with Crippen molar-refractivity contribution in [3.8, 4) is 11.3 Å². The Balaban J connectivity index is 1.63. The summed E-state index contributed by atoms with van der Waals surface area (Å²) < 4.78 is 40.4. The highest BCUT2D eigenvalue weighted by atomic mass is 19.4. The first kappa shape index (κ1) is 18.5. The summed E-state index contributed by atoms with van der Waals surface area (Å²) in [5.41, 5.74) is 7.26. The van der Waals surface area contributed by atoms with Gasteiger partial charge in [0.25, 0.3) is 5.91 Å². The number of nitrogens with zero attached hydrogens (tertiary/aromatic N) is 3. The Morgan fingerprint density at radius 2 is 1.86 bits per heavy atom. The highest BCUT2D eigenvalue weighted by Gasteiger charge is 2.30. The number of imidazole rings is 1. The largest absolute Gasteiger partial charge is 0.416 e. The number of fused-ring (bicyclic) bond motifs is 1. The van der Waals surface area contributed by atoms with Crippen LogP contribution in [0.4, 0.5) is 24.7 Å². The zero-order chi connectivity index (χ0) is 20.6. The number of alkyl halides is 3. The van der Waals surface area contributed by atoms with Crippen molar-refractivity contribution in [1.29, 1.82) is 0 Å². The second kappa shape index (κ2) is 6.93. The second-order valence-corrected chi connectivity index (χ2v) is 6.26. The van der Waals surface area contributed by atoms with E-state index in [9.17, 15) is 18.0 Å². The Morgan fingerprint density at radius 1 is 1.07 bits per heavy atom. The van der Waals surface area contributed by atoms with E-state index >= 15 is 0 Å². The maximum atomic E-state index is 12.9. The maximum Gasteiger partial charge on any atom is 0.416 e. The van der Waals surface area contributed by atoms with Gasteiger partial charge in [-0.2, -0.15) is 13.2 Å². The lowest BCUT2D eigenvalue weighted by Gasteiger charge is -2.10. The molecule has 4 aromatic rings. The number of amides is 1. The topological polar surface area (TPSA) is 85.3 Å². The Kier molecular flexibility index (Phi) is 4.42. The molecule has 0 fully saturated rings. The van der Waals surface area contributed by atoms with Crippen molar-refractivity contribution in [3.05, 3.63) is 78.2 Å². The molecule has 146 valence electrons. The van der Waals surface area contributed by atoms with Crippen molar-refractivity contribution in [1.82, 2.24) is 14.4 Å². The molecule has 2 heterocycles. The number of hydrogen-bond donors (Lipinski definition) is 2. The quantitative estimate of drug-likeness (QED) is 0.541. The molecule has 0 spiro atoms. The van der Waals surface area contributed by atoms with E-state index in [0.29, 0.717) is 11.3 Å². The molecule has 0 aliphatic rings. The molecule has 4 rings (SSSR count). The number of halogens is 3. The molecule has 0 aliphatic heterocycles. The van der Waals surface area contributed by atoms with E-state index < -0.39 is 17.6 Å². The predicted octanol–water partition coefficient (Wildman–Crippen LogP) is 4.25. The van der Waals surface area contributed by atoms with Crippen LogP contribution in [0.25, 0.3) is 16.9 Å². The molecule has 0 atom stereocenters. The van der Waals surface area contributed by atoms with Crippen LogP contribution in [-0.4, -0.2) is 20.3 Å². The summed E-state index contributed by atoms with van der Waals surface area (Å²) in [4.78, 5) is 20.7. The van der Waals surface area contributed by atoms with Gasteiger partial charge in [0.15, 0.2) is 11.5 Å². The molecule has 2 aromatic carbocycles. The van der Waals surface area contributed by atoms with E-state index in [-0.39, 0.29) is 11.4 Å². The first-order valence-corrected chi connectivity index (χ1v) is 8.49. The maximum absolute atomic E-state index is 12.9. The number of aromatic nitrogens is 3. The third-order valence-corrected chi connectivity index (χ3v) is 4.32. The molecule has 9 heteroatoms. The Bertz CT molecular complexity index is 1220. The number of rotatable bonds is 3. The van der Waals surface area contributed by atoms with E-state index in [4.69, 9.17) is 5.73 Å². The van der Waals surface area contributed by atoms with Crippen LogP contribution >= 0.6 is 0 Å². The molecule has 0 radical (unpaired) electrons. The highest BCUT2D eigenvalue weighted by Crippen LogP contribution is 2.30. The highest BCUT2D eigenvalue weighted by molar-refractivity contribution is 6.04. The summed E-state index contributed by atoms with van der Waals surface area (Å²) in [6, 6.07) is 11.2. The minimum Gasteiger partial charge on any atom is -0.381 e. The summed E-state index contributed by atoms with van der Waals surface area (Å²) >= 11 is 0. The molecule has 0 saturated carbocycles. The summed E-state index contributed by atoms with van der Waals surface area (Å²) in [6.07, 6.45) is 0.367. The van der Waals surface area contributed by atoms with Gasteiger partial charge in [-0.3, -0.25) is 9.20 Å². The Morgan fingerprint density at radius 3 is 2.66 bits per heavy atom. The van der Waals surface area contributed by atoms with Crippen molar-refractivity contribution in [2.75, 3.05) is 11.1 Å². The zero-order valence-electron chi connectivity index (χ0n) is 14.8. The summed E-state index contributed by atoms with van der Waals surface area (Å²) in [7, 11) is 0. The third kappa shape index (κ3) is 3.62. The molecule has 29 heavy (non-hydrogen) atoms. The fourth-order valence-corrected chi connectivity index (χ4v) is 2.95. The number of benzene rings is 2. The van der Waals surface area contributed by atoms with Crippen LogP contribution in [0.3, 0.4) is 0 Å². The third-order valence-electron chi connectivity index (χ3n) is 4.32. The van der Waals surface area contributed by atoms with E-state index in [1.807, 2.05) is 6.07 Å². The number of nitrogens with two attached hydrogens (primary N) is 1. The van der Waals surface area contributed by atoms with Gasteiger partial charge in [0.05, 0.1) is 17.5 Å². The smallest absolute Gasteiger partial charge is 0.381 e. The number of nitrogens with one attached hydrogen (secondary N) is 1. The van der Waals surface area contributed by atoms with Crippen molar-refractivity contribution in [3.63, 3.8) is 0 Å². The lowest BCUT2D eigenvalue weighted by atomic mass is 10.1. The van der Waals surface area contributed by atoms with Crippen LogP contribution < -0.4 is 11.1 Å². The SMILES string of the molecule is Nc1nccn2c(-c3cccc(NC(=O)c4cccc(C(F)(F)F)c4)c3)cnc12. The number of carbonyl (C=O) groups is 1. The minimum absolute atomic E-state index is 0.0844. The first-order chi connectivity index (χ1) is 13.8. The summed E-state index contributed by atoms with van der Waals surface area (Å²) in [6.45, 7) is 0. The van der Waals surface area contributed by atoms with Gasteiger partial charge < -0.3 is 11.1 Å². The monoisotopic (exact) mass is 397 g/mol. The van der Waals surface area contributed by atoms with Crippen molar-refractivity contribution < 1.29 is 18.0 Å². The molecule has 6 nitrogen and oxygen atoms in total. The summed E-state index contributed by atoms with van der Waals surface area (Å²) in [5.74, 6) is -0.354. The van der Waals surface area contributed by atoms with Gasteiger partial charge in [0.1, 0.15) is 0 Å². The van der Waals surface area contributed by atoms with E-state index in [1.165, 1.54) is 12.1 Å². The molecular formula is C20H14F3N5O. The second-order valence-electron chi connectivity index (χ2n) is 6.26. The normalized spacial score (nSPS) is 11.6. The summed E-state index contributed by atoms with van der Waals surface area (Å²) in [5, 5.41) is 2.63. The van der Waals surface area contributed by atoms with Crippen LogP contribution in [0.1, 0.15) is 15.9 Å². The van der Waals surface area contributed by atoms with Crippen molar-refractivity contribution >= 4 is 23.1 Å². The predicted molar refractivity (Wildman–Crippen MR) is 102 cm³/mol. The number of hydrogen-bond acceptors (Lipinski definition) is 4. The van der Waals surface area contributed by atoms with Gasteiger partial charge in [-0.25, -0.2) is 9.97 Å². The molecule has 0 aliphatic carbocycles. The van der Waals surface area contributed by atoms with E-state index in [1.54, 1.807) is 41.2 Å². The van der Waals surface area contributed by atoms with E-state index in [0.717, 1.165) is 23.4 Å². The Labute approximate surface area is 162 Å². The number of anilines is 2. The standard InChI is InChI=1S/C20H14F3N5O/c21-20(22,23)14-5-1-4-13(9-14)19(29)27-15-6-2-3-12(10-15)16-11-26-18-17(24)25-7-8-28(16)18/h1-11H,(H2,24,25)(H,27,29). The lowest BCUT2D eigenvalue weighted by molar-refractivity contribution is -0.137. The fraction of sp³-hybridized carbons (Fsp3) is 0.0500. The van der Waals surface area contributed by atoms with Crippen LogP contribution in [-0.2, 0) is 6.18 Å². The van der Waals surface area contributed by atoms with Crippen LogP contribution in [0.2, 0.25) is 0 Å². The van der Waals surface area contributed by atoms with Crippen molar-refractivity contribution in [2.45, 2.75) is 6.18 Å². The molecule has 2 aromatic heterocycles. The molecule has 3 N–H and O–H groups in total. The van der Waals surface area contributed by atoms with Crippen LogP contribution in [0.15, 0.2) is 67.1 Å². The Hall–Kier alpha value is -3.88. The molecular weight excluding hydrogens is 383 g/mol. The average Bonchev–Trinajstić information content (AvgIpc) is 3.13. The van der Waals surface area contributed by atoms with Gasteiger partial charge in [-0.05, 0) is 30.3 Å². The van der Waals surface area contributed by atoms with Crippen LogP contribution in [0.5, 0.6) is 0 Å². The molecule has 0 saturated heterocycles. The van der Waals surface area contributed by atoms with Gasteiger partial charge >= 0.3 is 6.18 Å². The lowest BCUT2D eigenvalue weighted by Crippen LogP contribution is -2.14.